The van der Waals surface area contributed by atoms with Gasteiger partial charge in [0.1, 0.15) is 0 Å². The lowest BCUT2D eigenvalue weighted by molar-refractivity contribution is 0.355. The van der Waals surface area contributed by atoms with E-state index in [1.807, 2.05) is 24.0 Å². The molecule has 0 saturated heterocycles. The molecule has 0 aliphatic rings. The Labute approximate surface area is 103 Å². The van der Waals surface area contributed by atoms with Gasteiger partial charge >= 0.3 is 0 Å². The predicted octanol–water partition coefficient (Wildman–Crippen LogP) is 2.89. The van der Waals surface area contributed by atoms with E-state index in [0.29, 0.717) is 0 Å². The zero-order valence-electron chi connectivity index (χ0n) is 11.7. The van der Waals surface area contributed by atoms with Crippen LogP contribution < -0.4 is 0 Å². The van der Waals surface area contributed by atoms with Gasteiger partial charge in [-0.1, -0.05) is 6.92 Å². The Morgan fingerprint density at radius 1 is 1.41 bits per heavy atom. The highest BCUT2D eigenvalue weighted by atomic mass is 15.3. The van der Waals surface area contributed by atoms with Crippen molar-refractivity contribution in [3.05, 3.63) is 18.0 Å². The number of hydrogen-bond donors (Lipinski definition) is 0. The molecular formula is C13H22N4. The van der Waals surface area contributed by atoms with Crippen molar-refractivity contribution in [3.63, 3.8) is 0 Å². The minimum Gasteiger partial charge on any atom is -0.270 e. The summed E-state index contributed by atoms with van der Waals surface area (Å²) in [4.78, 5) is 8.71. The van der Waals surface area contributed by atoms with Crippen LogP contribution in [0.4, 0.5) is 0 Å². The largest absolute Gasteiger partial charge is 0.270 e. The Hall–Kier alpha value is -1.45. The van der Waals surface area contributed by atoms with E-state index in [1.165, 1.54) is 0 Å². The molecule has 0 aliphatic carbocycles. The fourth-order valence-corrected chi connectivity index (χ4v) is 1.31. The van der Waals surface area contributed by atoms with Crippen LogP contribution in [0.15, 0.2) is 22.4 Å². The topological polar surface area (TPSA) is 42.5 Å². The highest BCUT2D eigenvalue weighted by Crippen LogP contribution is 2.14. The molecule has 0 aromatic carbocycles. The summed E-state index contributed by atoms with van der Waals surface area (Å²) < 4.78 is 1.93. The van der Waals surface area contributed by atoms with E-state index in [9.17, 15) is 0 Å². The van der Waals surface area contributed by atoms with Gasteiger partial charge < -0.3 is 0 Å². The van der Waals surface area contributed by atoms with Crippen molar-refractivity contribution in [2.75, 3.05) is 7.05 Å². The van der Waals surface area contributed by atoms with Crippen molar-refractivity contribution in [2.45, 2.75) is 46.6 Å². The first kappa shape index (κ1) is 13.6. The fourth-order valence-electron chi connectivity index (χ4n) is 1.31. The van der Waals surface area contributed by atoms with Crippen LogP contribution in [0.25, 0.3) is 0 Å². The third kappa shape index (κ3) is 3.51. The van der Waals surface area contributed by atoms with E-state index in [2.05, 4.69) is 42.8 Å². The number of hydrogen-bond acceptors (Lipinski definition) is 2. The first-order chi connectivity index (χ1) is 7.88. The van der Waals surface area contributed by atoms with E-state index < -0.39 is 0 Å². The zero-order chi connectivity index (χ0) is 13.1. The molecular weight excluding hydrogens is 212 g/mol. The van der Waals surface area contributed by atoms with Gasteiger partial charge in [-0.15, -0.1) is 0 Å². The lowest BCUT2D eigenvalue weighted by Crippen LogP contribution is -2.22. The van der Waals surface area contributed by atoms with Crippen LogP contribution in [0.2, 0.25) is 0 Å². The third-order valence-corrected chi connectivity index (χ3v) is 2.55. The van der Waals surface area contributed by atoms with Crippen LogP contribution in [-0.2, 0) is 5.54 Å². The first-order valence-electron chi connectivity index (χ1n) is 5.95. The second-order valence-electron chi connectivity index (χ2n) is 5.09. The molecule has 0 saturated carbocycles. The monoisotopic (exact) mass is 234 g/mol. The molecule has 0 radical (unpaired) electrons. The van der Waals surface area contributed by atoms with Crippen molar-refractivity contribution in [3.8, 4) is 0 Å². The SMILES string of the molecule is CCC(C)=NC(=NC)c1cnn(C(C)(C)C)c1. The van der Waals surface area contributed by atoms with E-state index >= 15 is 0 Å². The smallest absolute Gasteiger partial charge is 0.157 e. The van der Waals surface area contributed by atoms with Gasteiger partial charge in [0.25, 0.3) is 0 Å². The summed E-state index contributed by atoms with van der Waals surface area (Å²) in [5.74, 6) is 0.750. The Morgan fingerprint density at radius 3 is 2.47 bits per heavy atom. The van der Waals surface area contributed by atoms with E-state index in [0.717, 1.165) is 23.5 Å². The molecule has 0 fully saturated rings. The van der Waals surface area contributed by atoms with Gasteiger partial charge in [-0.25, -0.2) is 4.99 Å². The Kier molecular flexibility index (Phi) is 4.21. The molecule has 94 valence electrons. The molecule has 0 aliphatic heterocycles. The highest BCUT2D eigenvalue weighted by molar-refractivity contribution is 6.06. The van der Waals surface area contributed by atoms with Crippen molar-refractivity contribution in [1.29, 1.82) is 0 Å². The second kappa shape index (κ2) is 5.25. The normalized spacial score (nSPS) is 14.2. The minimum atomic E-state index is -0.0133. The van der Waals surface area contributed by atoms with Crippen molar-refractivity contribution in [1.82, 2.24) is 9.78 Å². The van der Waals surface area contributed by atoms with Crippen LogP contribution in [0.5, 0.6) is 0 Å². The minimum absolute atomic E-state index is 0.0133. The van der Waals surface area contributed by atoms with Crippen molar-refractivity contribution >= 4 is 11.5 Å². The summed E-state index contributed by atoms with van der Waals surface area (Å²) in [6, 6.07) is 0. The summed E-state index contributed by atoms with van der Waals surface area (Å²) in [7, 11) is 1.76. The van der Waals surface area contributed by atoms with Crippen LogP contribution in [0, 0.1) is 0 Å². The van der Waals surface area contributed by atoms with E-state index in [1.54, 1.807) is 7.05 Å². The quantitative estimate of drug-likeness (QED) is 0.573. The van der Waals surface area contributed by atoms with Crippen molar-refractivity contribution in [2.24, 2.45) is 9.98 Å². The van der Waals surface area contributed by atoms with E-state index in [-0.39, 0.29) is 5.54 Å². The maximum Gasteiger partial charge on any atom is 0.157 e. The molecule has 4 heteroatoms. The molecule has 1 heterocycles. The molecule has 0 N–H and O–H groups in total. The lowest BCUT2D eigenvalue weighted by Gasteiger charge is -2.18. The summed E-state index contributed by atoms with van der Waals surface area (Å²) in [5, 5.41) is 4.36. The number of amidine groups is 1. The Bertz CT molecular complexity index is 433. The van der Waals surface area contributed by atoms with Gasteiger partial charge in [-0.3, -0.25) is 9.67 Å². The molecule has 17 heavy (non-hydrogen) atoms. The lowest BCUT2D eigenvalue weighted by atomic mass is 10.1. The van der Waals surface area contributed by atoms with Crippen LogP contribution in [-0.4, -0.2) is 28.4 Å². The highest BCUT2D eigenvalue weighted by Gasteiger charge is 2.15. The second-order valence-corrected chi connectivity index (χ2v) is 5.09. The number of aromatic nitrogens is 2. The standard InChI is InChI=1S/C13H22N4/c1-7-10(2)16-12(14-6)11-8-15-17(9-11)13(3,4)5/h8-9H,7H2,1-6H3. The van der Waals surface area contributed by atoms with Gasteiger partial charge in [0.15, 0.2) is 5.84 Å². The maximum atomic E-state index is 4.49. The molecule has 1 aromatic heterocycles. The zero-order valence-corrected chi connectivity index (χ0v) is 11.7. The summed E-state index contributed by atoms with van der Waals surface area (Å²) in [5.41, 5.74) is 2.03. The molecule has 1 rings (SSSR count). The van der Waals surface area contributed by atoms with Crippen LogP contribution in [0.3, 0.4) is 0 Å². The van der Waals surface area contributed by atoms with Gasteiger partial charge in [0.2, 0.25) is 0 Å². The fraction of sp³-hybridized carbons (Fsp3) is 0.615. The third-order valence-electron chi connectivity index (χ3n) is 2.55. The summed E-state index contributed by atoms with van der Waals surface area (Å²) >= 11 is 0. The Morgan fingerprint density at radius 2 is 2.06 bits per heavy atom. The number of rotatable bonds is 2. The average Bonchev–Trinajstić information content (AvgIpc) is 2.74. The van der Waals surface area contributed by atoms with Gasteiger partial charge in [-0.05, 0) is 34.1 Å². The average molecular weight is 234 g/mol. The van der Waals surface area contributed by atoms with Crippen LogP contribution in [0.1, 0.15) is 46.6 Å². The molecule has 0 unspecified atom stereocenters. The molecule has 0 atom stereocenters. The molecule has 0 spiro atoms. The number of nitrogens with zero attached hydrogens (tertiary/aromatic N) is 4. The first-order valence-corrected chi connectivity index (χ1v) is 5.95. The van der Waals surface area contributed by atoms with Gasteiger partial charge in [0, 0.05) is 19.0 Å². The summed E-state index contributed by atoms with van der Waals surface area (Å²) in [6.45, 7) is 10.5. The predicted molar refractivity (Wildman–Crippen MR) is 73.1 cm³/mol. The molecule has 0 amide bonds. The Balaban J connectivity index is 3.04. The summed E-state index contributed by atoms with van der Waals surface area (Å²) in [6.07, 6.45) is 4.75. The van der Waals surface area contributed by atoms with Crippen molar-refractivity contribution < 1.29 is 0 Å². The van der Waals surface area contributed by atoms with Gasteiger partial charge in [0.05, 0.1) is 17.3 Å². The van der Waals surface area contributed by atoms with E-state index in [4.69, 9.17) is 0 Å². The molecule has 4 nitrogen and oxygen atoms in total. The maximum absolute atomic E-state index is 4.49. The molecule has 1 aromatic rings. The van der Waals surface area contributed by atoms with Gasteiger partial charge in [-0.2, -0.15) is 5.10 Å². The number of aliphatic imine (C=N–C) groups is 2. The molecule has 0 bridgehead atoms. The van der Waals surface area contributed by atoms with Crippen LogP contribution >= 0.6 is 0 Å².